The molecule has 0 unspecified atom stereocenters. The molecule has 0 saturated heterocycles. The lowest BCUT2D eigenvalue weighted by atomic mass is 10.00. The van der Waals surface area contributed by atoms with Gasteiger partial charge in [-0.25, -0.2) is 23.2 Å². The van der Waals surface area contributed by atoms with Gasteiger partial charge in [0.15, 0.2) is 0 Å². The summed E-state index contributed by atoms with van der Waals surface area (Å²) in [5, 5.41) is 0. The maximum Gasteiger partial charge on any atom is 0.209 e. The highest BCUT2D eigenvalue weighted by atomic mass is 19.2. The molecule has 0 saturated carbocycles. The van der Waals surface area contributed by atoms with E-state index in [0.29, 0.717) is 11.8 Å². The Morgan fingerprint density at radius 1 is 1.17 bits per heavy atom. The molecular weight excluding hydrogens is 309 g/mol. The molecule has 0 amide bonds. The van der Waals surface area contributed by atoms with Crippen LogP contribution in [0.5, 0.6) is 0 Å². The molecule has 2 atom stereocenters. The van der Waals surface area contributed by atoms with Gasteiger partial charge in [-0.2, -0.15) is 0 Å². The third kappa shape index (κ3) is 5.11. The zero-order valence-corrected chi connectivity index (χ0v) is 14.1. The molecule has 0 N–H and O–H groups in total. The van der Waals surface area contributed by atoms with Gasteiger partial charge in [0.2, 0.25) is 11.8 Å². The van der Waals surface area contributed by atoms with Crippen LogP contribution >= 0.6 is 0 Å². The van der Waals surface area contributed by atoms with Gasteiger partial charge in [-0.3, -0.25) is 0 Å². The Balaban J connectivity index is 3.13. The van der Waals surface area contributed by atoms with E-state index in [1.54, 1.807) is 0 Å². The van der Waals surface area contributed by atoms with Crippen molar-refractivity contribution in [3.05, 3.63) is 23.3 Å². The fourth-order valence-electron chi connectivity index (χ4n) is 2.23. The van der Waals surface area contributed by atoms with Crippen LogP contribution in [0.25, 0.3) is 0 Å². The van der Waals surface area contributed by atoms with Crippen molar-refractivity contribution in [3.63, 3.8) is 0 Å². The molecule has 1 aliphatic heterocycles. The molecule has 1 aliphatic rings. The first-order chi connectivity index (χ1) is 10.8. The Morgan fingerprint density at radius 3 is 2.22 bits per heavy atom. The molecule has 0 radical (unpaired) electrons. The molecule has 7 heteroatoms. The van der Waals surface area contributed by atoms with E-state index < -0.39 is 24.4 Å². The number of methoxy groups -OCH3 is 2. The van der Waals surface area contributed by atoms with Crippen LogP contribution in [-0.2, 0) is 9.47 Å². The van der Waals surface area contributed by atoms with Crippen molar-refractivity contribution >= 4 is 11.8 Å². The number of hydrogen-bond acceptors (Lipinski definition) is 4. The van der Waals surface area contributed by atoms with Crippen molar-refractivity contribution in [1.29, 1.82) is 0 Å². The molecule has 130 valence electrons. The van der Waals surface area contributed by atoms with Gasteiger partial charge < -0.3 is 9.47 Å². The van der Waals surface area contributed by atoms with Crippen LogP contribution in [-0.4, -0.2) is 44.8 Å². The predicted octanol–water partition coefficient (Wildman–Crippen LogP) is 3.94. The maximum absolute atomic E-state index is 13.6. The van der Waals surface area contributed by atoms with Crippen molar-refractivity contribution in [3.8, 4) is 0 Å². The molecule has 4 nitrogen and oxygen atoms in total. The normalized spacial score (nSPS) is 23.3. The first-order valence-corrected chi connectivity index (χ1v) is 7.34. The quantitative estimate of drug-likeness (QED) is 0.716. The topological polar surface area (TPSA) is 43.2 Å². The van der Waals surface area contributed by atoms with E-state index in [9.17, 15) is 13.2 Å². The molecule has 0 aromatic carbocycles. The Bertz CT molecular complexity index is 535. The van der Waals surface area contributed by atoms with Gasteiger partial charge in [-0.05, 0) is 24.5 Å². The molecule has 0 aliphatic carbocycles. The van der Waals surface area contributed by atoms with Gasteiger partial charge in [0.25, 0.3) is 0 Å². The molecule has 0 aromatic rings. The summed E-state index contributed by atoms with van der Waals surface area (Å²) in [6.45, 7) is 3.83. The second kappa shape index (κ2) is 8.74. The van der Waals surface area contributed by atoms with Gasteiger partial charge in [-0.1, -0.05) is 13.8 Å². The number of hydrogen-bond donors (Lipinski definition) is 0. The lowest BCUT2D eigenvalue weighted by Gasteiger charge is -2.27. The minimum Gasteiger partial charge on any atom is -0.483 e. The molecule has 0 bridgehead atoms. The van der Waals surface area contributed by atoms with Crippen LogP contribution in [0.3, 0.4) is 0 Å². The van der Waals surface area contributed by atoms with E-state index in [2.05, 4.69) is 9.98 Å². The van der Waals surface area contributed by atoms with Gasteiger partial charge in [0, 0.05) is 6.42 Å². The van der Waals surface area contributed by atoms with E-state index in [0.717, 1.165) is 6.08 Å². The number of rotatable bonds is 5. The average Bonchev–Trinajstić information content (AvgIpc) is 2.52. The number of allylic oxidation sites excluding steroid dienone is 3. The standard InChI is InChI=1S/C16H23F3N2O2/c1-9(2)14-16(23-5)20-13(15(21-14)22-4)7-11(10(3)18)6-12(19)8-17/h6,9,13-14H,7-8H2,1-5H3/b11-10-,12-6+/t13-,14+/m1/s1. The van der Waals surface area contributed by atoms with E-state index in [1.165, 1.54) is 21.1 Å². The summed E-state index contributed by atoms with van der Waals surface area (Å²) in [6.07, 6.45) is 0.846. The number of alkyl halides is 1. The Morgan fingerprint density at radius 2 is 1.78 bits per heavy atom. The van der Waals surface area contributed by atoms with Crippen molar-refractivity contribution in [1.82, 2.24) is 0 Å². The van der Waals surface area contributed by atoms with Gasteiger partial charge in [-0.15, -0.1) is 0 Å². The summed E-state index contributed by atoms with van der Waals surface area (Å²) in [5.74, 6) is -0.778. The highest BCUT2D eigenvalue weighted by Gasteiger charge is 2.31. The first kappa shape index (κ1) is 19.3. The highest BCUT2D eigenvalue weighted by molar-refractivity contribution is 5.94. The third-order valence-corrected chi connectivity index (χ3v) is 3.45. The van der Waals surface area contributed by atoms with Crippen LogP contribution in [0, 0.1) is 5.92 Å². The lowest BCUT2D eigenvalue weighted by Crippen LogP contribution is -2.37. The summed E-state index contributed by atoms with van der Waals surface area (Å²) < 4.78 is 49.6. The van der Waals surface area contributed by atoms with Crippen molar-refractivity contribution < 1.29 is 22.6 Å². The van der Waals surface area contributed by atoms with E-state index in [4.69, 9.17) is 9.47 Å². The monoisotopic (exact) mass is 332 g/mol. The summed E-state index contributed by atoms with van der Waals surface area (Å²) in [5.41, 5.74) is 0.0112. The van der Waals surface area contributed by atoms with Crippen molar-refractivity contribution in [2.75, 3.05) is 20.9 Å². The molecule has 0 fully saturated rings. The van der Waals surface area contributed by atoms with Crippen LogP contribution in [0.15, 0.2) is 33.3 Å². The van der Waals surface area contributed by atoms with Gasteiger partial charge in [0.05, 0.1) is 14.2 Å². The predicted molar refractivity (Wildman–Crippen MR) is 84.9 cm³/mol. The van der Waals surface area contributed by atoms with Gasteiger partial charge >= 0.3 is 0 Å². The minimum atomic E-state index is -1.28. The van der Waals surface area contributed by atoms with E-state index in [-0.39, 0.29) is 24.0 Å². The number of aliphatic imine (C=N–C) groups is 2. The molecular formula is C16H23F3N2O2. The Hall–Kier alpha value is -1.79. The molecule has 23 heavy (non-hydrogen) atoms. The molecule has 1 rings (SSSR count). The third-order valence-electron chi connectivity index (χ3n) is 3.45. The summed E-state index contributed by atoms with van der Waals surface area (Å²) >= 11 is 0. The first-order valence-electron chi connectivity index (χ1n) is 7.34. The lowest BCUT2D eigenvalue weighted by molar-refractivity contribution is 0.332. The second-order valence-electron chi connectivity index (χ2n) is 5.54. The number of nitrogens with zero attached hydrogens (tertiary/aromatic N) is 2. The molecule has 0 aromatic heterocycles. The summed E-state index contributed by atoms with van der Waals surface area (Å²) in [6, 6.07) is -0.933. The minimum absolute atomic E-state index is 0.000101. The smallest absolute Gasteiger partial charge is 0.209 e. The Kier molecular flexibility index (Phi) is 7.32. The summed E-state index contributed by atoms with van der Waals surface area (Å²) in [7, 11) is 2.93. The fourth-order valence-corrected chi connectivity index (χ4v) is 2.23. The fraction of sp³-hybridized carbons (Fsp3) is 0.625. The number of halogens is 3. The zero-order valence-electron chi connectivity index (χ0n) is 14.1. The zero-order chi connectivity index (χ0) is 17.6. The average molecular weight is 332 g/mol. The second-order valence-corrected chi connectivity index (χ2v) is 5.54. The Labute approximate surface area is 134 Å². The van der Waals surface area contributed by atoms with Crippen LogP contribution in [0.4, 0.5) is 13.2 Å². The maximum atomic E-state index is 13.6. The van der Waals surface area contributed by atoms with E-state index >= 15 is 0 Å². The largest absolute Gasteiger partial charge is 0.483 e. The van der Waals surface area contributed by atoms with Gasteiger partial charge in [0.1, 0.15) is 30.4 Å². The SMILES string of the molecule is COC1=N[C@H](CC(/C=C(/F)CF)=C(/C)F)C(OC)=N[C@H]1C(C)C. The number of ether oxygens (including phenoxy) is 2. The van der Waals surface area contributed by atoms with Crippen LogP contribution < -0.4 is 0 Å². The summed E-state index contributed by atoms with van der Waals surface area (Å²) in [4.78, 5) is 8.85. The van der Waals surface area contributed by atoms with Crippen LogP contribution in [0.2, 0.25) is 0 Å². The molecule has 1 heterocycles. The van der Waals surface area contributed by atoms with Crippen molar-refractivity contribution in [2.45, 2.75) is 39.3 Å². The van der Waals surface area contributed by atoms with Crippen LogP contribution in [0.1, 0.15) is 27.2 Å². The van der Waals surface area contributed by atoms with E-state index in [1.807, 2.05) is 13.8 Å². The highest BCUT2D eigenvalue weighted by Crippen LogP contribution is 2.24. The van der Waals surface area contributed by atoms with Crippen molar-refractivity contribution in [2.24, 2.45) is 15.9 Å². The molecule has 0 spiro atoms.